The van der Waals surface area contributed by atoms with Gasteiger partial charge in [-0.1, -0.05) is 12.1 Å². The smallest absolute Gasteiger partial charge is 0.228 e. The molecule has 0 spiro atoms. The number of furan rings is 1. The maximum absolute atomic E-state index is 11.9. The molecule has 5 heterocycles. The first kappa shape index (κ1) is 20.5. The molecule has 0 radical (unpaired) electrons. The van der Waals surface area contributed by atoms with Gasteiger partial charge in [0.2, 0.25) is 11.8 Å². The lowest BCUT2D eigenvalue weighted by Crippen LogP contribution is -2.37. The van der Waals surface area contributed by atoms with E-state index in [-0.39, 0.29) is 17.9 Å². The van der Waals surface area contributed by atoms with Crippen LogP contribution >= 0.6 is 0 Å². The summed E-state index contributed by atoms with van der Waals surface area (Å²) in [5.74, 6) is 1.06. The summed E-state index contributed by atoms with van der Waals surface area (Å²) in [5, 5.41) is 8.35. The van der Waals surface area contributed by atoms with E-state index >= 15 is 0 Å². The van der Waals surface area contributed by atoms with E-state index in [4.69, 9.17) is 10.2 Å². The van der Waals surface area contributed by atoms with Crippen LogP contribution in [0.15, 0.2) is 47.3 Å². The third kappa shape index (κ3) is 3.32. The fourth-order valence-electron chi connectivity index (χ4n) is 5.01. The standard InChI is InChI=1S/C25H24N6O3/c1-14(32)30-7-5-16(6-8-30)31-13-15(11-28-31)20-12-27-25(26)24-19(20)9-22(34-24)17-3-2-4-21-18(17)10-23(33)29-21/h2-4,9,11-13,16H,5-8,10H2,1H3,(H2,26,27)(H,29,33). The zero-order valence-corrected chi connectivity index (χ0v) is 18.7. The van der Waals surface area contributed by atoms with E-state index < -0.39 is 0 Å². The number of rotatable bonds is 3. The zero-order valence-electron chi connectivity index (χ0n) is 18.7. The molecule has 1 fully saturated rings. The molecule has 3 aromatic heterocycles. The summed E-state index contributed by atoms with van der Waals surface area (Å²) >= 11 is 0. The molecule has 0 saturated carbocycles. The Morgan fingerprint density at radius 1 is 1.21 bits per heavy atom. The summed E-state index contributed by atoms with van der Waals surface area (Å²) in [4.78, 5) is 29.8. The van der Waals surface area contributed by atoms with Crippen molar-refractivity contribution in [3.05, 3.63) is 48.4 Å². The summed E-state index contributed by atoms with van der Waals surface area (Å²) in [5.41, 5.74) is 11.1. The van der Waals surface area contributed by atoms with Gasteiger partial charge in [0.15, 0.2) is 11.4 Å². The number of benzene rings is 1. The number of hydrogen-bond donors (Lipinski definition) is 2. The molecule has 3 N–H and O–H groups in total. The molecule has 0 bridgehead atoms. The lowest BCUT2D eigenvalue weighted by Gasteiger charge is -2.31. The number of pyridine rings is 1. The molecule has 6 rings (SSSR count). The van der Waals surface area contributed by atoms with Gasteiger partial charge in [-0.3, -0.25) is 14.3 Å². The van der Waals surface area contributed by atoms with E-state index in [9.17, 15) is 9.59 Å². The highest BCUT2D eigenvalue weighted by atomic mass is 16.3. The summed E-state index contributed by atoms with van der Waals surface area (Å²) < 4.78 is 8.16. The van der Waals surface area contributed by atoms with Crippen molar-refractivity contribution in [1.82, 2.24) is 19.7 Å². The van der Waals surface area contributed by atoms with Crippen LogP contribution in [0.1, 0.15) is 31.4 Å². The van der Waals surface area contributed by atoms with Gasteiger partial charge in [0.1, 0.15) is 5.76 Å². The quantitative estimate of drug-likeness (QED) is 0.486. The number of amides is 2. The molecule has 0 unspecified atom stereocenters. The summed E-state index contributed by atoms with van der Waals surface area (Å²) in [6.45, 7) is 3.10. The first-order valence-corrected chi connectivity index (χ1v) is 11.4. The van der Waals surface area contributed by atoms with Crippen LogP contribution in [0.4, 0.5) is 11.5 Å². The van der Waals surface area contributed by atoms with Crippen molar-refractivity contribution in [3.63, 3.8) is 0 Å². The van der Waals surface area contributed by atoms with Gasteiger partial charge in [0, 0.05) is 60.2 Å². The maximum Gasteiger partial charge on any atom is 0.228 e. The van der Waals surface area contributed by atoms with Crippen molar-refractivity contribution in [2.24, 2.45) is 0 Å². The normalized spacial score (nSPS) is 16.1. The van der Waals surface area contributed by atoms with Gasteiger partial charge in [0.25, 0.3) is 0 Å². The molecule has 34 heavy (non-hydrogen) atoms. The van der Waals surface area contributed by atoms with E-state index in [0.717, 1.165) is 59.3 Å². The lowest BCUT2D eigenvalue weighted by molar-refractivity contribution is -0.130. The minimum atomic E-state index is -0.0259. The second-order valence-electron chi connectivity index (χ2n) is 8.91. The van der Waals surface area contributed by atoms with Crippen LogP contribution in [-0.4, -0.2) is 44.6 Å². The number of carbonyl (C=O) groups excluding carboxylic acids is 2. The number of nitrogens with two attached hydrogens (primary N) is 1. The Balaban J connectivity index is 1.36. The number of carbonyl (C=O) groups is 2. The van der Waals surface area contributed by atoms with Crippen molar-refractivity contribution in [2.75, 3.05) is 24.1 Å². The fourth-order valence-corrected chi connectivity index (χ4v) is 5.01. The number of nitrogens with zero attached hydrogens (tertiary/aromatic N) is 4. The third-order valence-electron chi connectivity index (χ3n) is 6.84. The molecule has 0 aliphatic carbocycles. The minimum absolute atomic E-state index is 0.0259. The van der Waals surface area contributed by atoms with Crippen LogP contribution in [0.2, 0.25) is 0 Å². The molecule has 4 aromatic rings. The van der Waals surface area contributed by atoms with E-state index in [1.54, 1.807) is 13.1 Å². The largest absolute Gasteiger partial charge is 0.452 e. The highest BCUT2D eigenvalue weighted by Gasteiger charge is 2.25. The maximum atomic E-state index is 11.9. The number of fused-ring (bicyclic) bond motifs is 2. The zero-order chi connectivity index (χ0) is 23.4. The average molecular weight is 457 g/mol. The monoisotopic (exact) mass is 456 g/mol. The number of anilines is 2. The van der Waals surface area contributed by atoms with Crippen molar-refractivity contribution in [1.29, 1.82) is 0 Å². The van der Waals surface area contributed by atoms with Crippen LogP contribution in [0.3, 0.4) is 0 Å². The van der Waals surface area contributed by atoms with Gasteiger partial charge in [-0.25, -0.2) is 4.98 Å². The van der Waals surface area contributed by atoms with Crippen molar-refractivity contribution >= 4 is 34.3 Å². The molecule has 0 atom stereocenters. The Kier molecular flexibility index (Phi) is 4.65. The molecule has 2 aliphatic heterocycles. The van der Waals surface area contributed by atoms with Gasteiger partial charge in [-0.15, -0.1) is 0 Å². The van der Waals surface area contributed by atoms with E-state index in [2.05, 4.69) is 15.4 Å². The average Bonchev–Trinajstić information content (AvgIpc) is 3.57. The van der Waals surface area contributed by atoms with Crippen LogP contribution in [0, 0.1) is 0 Å². The number of nitrogen functional groups attached to an aromatic ring is 1. The number of nitrogens with one attached hydrogen (secondary N) is 1. The second kappa shape index (κ2) is 7.72. The number of piperidine rings is 1. The highest BCUT2D eigenvalue weighted by Crippen LogP contribution is 2.40. The van der Waals surface area contributed by atoms with Gasteiger partial charge in [-0.05, 0) is 30.5 Å². The Bertz CT molecular complexity index is 1440. The molecule has 1 saturated heterocycles. The molecule has 9 nitrogen and oxygen atoms in total. The van der Waals surface area contributed by atoms with Crippen molar-refractivity contribution in [2.45, 2.75) is 32.2 Å². The molecule has 172 valence electrons. The van der Waals surface area contributed by atoms with Gasteiger partial charge in [-0.2, -0.15) is 5.10 Å². The van der Waals surface area contributed by atoms with Crippen molar-refractivity contribution in [3.8, 4) is 22.5 Å². The Morgan fingerprint density at radius 2 is 2.03 bits per heavy atom. The first-order chi connectivity index (χ1) is 16.5. The lowest BCUT2D eigenvalue weighted by atomic mass is 10.0. The van der Waals surface area contributed by atoms with Crippen LogP contribution < -0.4 is 11.1 Å². The van der Waals surface area contributed by atoms with Gasteiger partial charge < -0.3 is 20.4 Å². The predicted octanol–water partition coefficient (Wildman–Crippen LogP) is 3.62. The Morgan fingerprint density at radius 3 is 2.82 bits per heavy atom. The topological polar surface area (TPSA) is 119 Å². The summed E-state index contributed by atoms with van der Waals surface area (Å²) in [6.07, 6.45) is 7.67. The van der Waals surface area contributed by atoms with Gasteiger partial charge in [0.05, 0.1) is 18.7 Å². The number of likely N-dealkylation sites (tertiary alicyclic amines) is 1. The SMILES string of the molecule is CC(=O)N1CCC(n2cc(-c3cnc(N)c4oc(-c5cccc6c5CC(=O)N6)cc34)cn2)CC1. The Labute approximate surface area is 195 Å². The number of hydrogen-bond acceptors (Lipinski definition) is 6. The summed E-state index contributed by atoms with van der Waals surface area (Å²) in [6, 6.07) is 7.95. The predicted molar refractivity (Wildman–Crippen MR) is 128 cm³/mol. The number of aromatic nitrogens is 3. The van der Waals surface area contributed by atoms with Crippen molar-refractivity contribution < 1.29 is 14.0 Å². The van der Waals surface area contributed by atoms with E-state index in [1.807, 2.05) is 46.2 Å². The van der Waals surface area contributed by atoms with Gasteiger partial charge >= 0.3 is 0 Å². The highest BCUT2D eigenvalue weighted by molar-refractivity contribution is 6.03. The van der Waals surface area contributed by atoms with Crippen LogP contribution in [0.5, 0.6) is 0 Å². The molecule has 1 aromatic carbocycles. The van der Waals surface area contributed by atoms with E-state index in [1.165, 1.54) is 0 Å². The fraction of sp³-hybridized carbons (Fsp3) is 0.280. The molecule has 9 heteroatoms. The van der Waals surface area contributed by atoms with Crippen LogP contribution in [0.25, 0.3) is 33.4 Å². The summed E-state index contributed by atoms with van der Waals surface area (Å²) in [7, 11) is 0. The second-order valence-corrected chi connectivity index (χ2v) is 8.91. The third-order valence-corrected chi connectivity index (χ3v) is 6.84. The van der Waals surface area contributed by atoms with Crippen LogP contribution in [-0.2, 0) is 16.0 Å². The minimum Gasteiger partial charge on any atom is -0.452 e. The molecular weight excluding hydrogens is 432 g/mol. The Hall–Kier alpha value is -4.14. The molecular formula is C25H24N6O3. The van der Waals surface area contributed by atoms with E-state index in [0.29, 0.717) is 23.6 Å². The molecule has 2 amide bonds. The molecule has 2 aliphatic rings. The first-order valence-electron chi connectivity index (χ1n) is 11.4.